The first kappa shape index (κ1) is 14.5. The van der Waals surface area contributed by atoms with E-state index in [-0.39, 0.29) is 17.9 Å². The van der Waals surface area contributed by atoms with Crippen molar-refractivity contribution in [2.45, 2.75) is 38.8 Å². The van der Waals surface area contributed by atoms with Crippen molar-refractivity contribution >= 4 is 5.91 Å². The van der Waals surface area contributed by atoms with Crippen LogP contribution in [0.25, 0.3) is 0 Å². The highest BCUT2D eigenvalue weighted by molar-refractivity contribution is 5.79. The van der Waals surface area contributed by atoms with Crippen molar-refractivity contribution in [2.75, 3.05) is 26.2 Å². The molecule has 7 heteroatoms. The van der Waals surface area contributed by atoms with E-state index in [9.17, 15) is 4.79 Å². The fraction of sp³-hybridized carbons (Fsp3) is 0.786. The Balaban J connectivity index is 1.47. The van der Waals surface area contributed by atoms with Gasteiger partial charge in [0.25, 0.3) is 0 Å². The second-order valence-corrected chi connectivity index (χ2v) is 6.11. The molecule has 3 rings (SSSR count). The lowest BCUT2D eigenvalue weighted by Crippen LogP contribution is -2.49. The average molecular weight is 293 g/mol. The standard InChI is InChI=1S/C14H23N5O2/c1-10-16-13(21-17-10)9-18-4-6-19(7-5-18)14(20)11-2-3-12(15)8-11/h11-12H,2-9,15H2,1H3/t11-,12+/m1/s1. The molecular formula is C14H23N5O2. The molecule has 1 aliphatic carbocycles. The van der Waals surface area contributed by atoms with Crippen LogP contribution in [-0.2, 0) is 11.3 Å². The summed E-state index contributed by atoms with van der Waals surface area (Å²) in [5.41, 5.74) is 5.90. The maximum Gasteiger partial charge on any atom is 0.240 e. The van der Waals surface area contributed by atoms with Crippen molar-refractivity contribution in [3.63, 3.8) is 0 Å². The normalized spacial score (nSPS) is 27.2. The first-order valence-electron chi connectivity index (χ1n) is 7.67. The van der Waals surface area contributed by atoms with E-state index in [1.54, 1.807) is 0 Å². The van der Waals surface area contributed by atoms with Crippen molar-refractivity contribution in [1.29, 1.82) is 0 Å². The lowest BCUT2D eigenvalue weighted by molar-refractivity contribution is -0.137. The summed E-state index contributed by atoms with van der Waals surface area (Å²) >= 11 is 0. The minimum Gasteiger partial charge on any atom is -0.340 e. The molecule has 0 spiro atoms. The van der Waals surface area contributed by atoms with Gasteiger partial charge in [-0.3, -0.25) is 9.69 Å². The Morgan fingerprint density at radius 3 is 2.67 bits per heavy atom. The van der Waals surface area contributed by atoms with E-state index in [4.69, 9.17) is 10.3 Å². The molecule has 1 aromatic heterocycles. The molecule has 0 aromatic carbocycles. The number of aryl methyl sites for hydroxylation is 1. The summed E-state index contributed by atoms with van der Waals surface area (Å²) in [6.45, 7) is 5.74. The molecule has 1 amide bonds. The highest BCUT2D eigenvalue weighted by atomic mass is 16.5. The van der Waals surface area contributed by atoms with Crippen LogP contribution in [0.5, 0.6) is 0 Å². The predicted molar refractivity (Wildman–Crippen MR) is 76.2 cm³/mol. The summed E-state index contributed by atoms with van der Waals surface area (Å²) in [4.78, 5) is 20.9. The smallest absolute Gasteiger partial charge is 0.240 e. The molecule has 2 N–H and O–H groups in total. The quantitative estimate of drug-likeness (QED) is 0.853. The molecule has 2 atom stereocenters. The summed E-state index contributed by atoms with van der Waals surface area (Å²) < 4.78 is 5.14. The number of piperazine rings is 1. The van der Waals surface area contributed by atoms with Gasteiger partial charge in [0, 0.05) is 38.1 Å². The van der Waals surface area contributed by atoms with Gasteiger partial charge in [-0.2, -0.15) is 4.98 Å². The molecule has 116 valence electrons. The van der Waals surface area contributed by atoms with Crippen LogP contribution in [0.15, 0.2) is 4.52 Å². The molecule has 2 heterocycles. The highest BCUT2D eigenvalue weighted by Crippen LogP contribution is 2.26. The highest BCUT2D eigenvalue weighted by Gasteiger charge is 2.32. The number of carbonyl (C=O) groups excluding carboxylic acids is 1. The van der Waals surface area contributed by atoms with Gasteiger partial charge < -0.3 is 15.2 Å². The summed E-state index contributed by atoms with van der Waals surface area (Å²) in [7, 11) is 0. The Labute approximate surface area is 124 Å². The van der Waals surface area contributed by atoms with Crippen LogP contribution in [0.1, 0.15) is 31.0 Å². The van der Waals surface area contributed by atoms with Crippen molar-refractivity contribution in [1.82, 2.24) is 19.9 Å². The Kier molecular flexibility index (Phi) is 4.21. The van der Waals surface area contributed by atoms with Gasteiger partial charge in [0.2, 0.25) is 11.8 Å². The van der Waals surface area contributed by atoms with Gasteiger partial charge in [-0.15, -0.1) is 0 Å². The maximum atomic E-state index is 12.4. The lowest BCUT2D eigenvalue weighted by Gasteiger charge is -2.35. The number of aromatic nitrogens is 2. The fourth-order valence-electron chi connectivity index (χ4n) is 3.22. The number of amides is 1. The Hall–Kier alpha value is -1.47. The van der Waals surface area contributed by atoms with E-state index < -0.39 is 0 Å². The van der Waals surface area contributed by atoms with Crippen LogP contribution in [0.3, 0.4) is 0 Å². The Morgan fingerprint density at radius 2 is 2.10 bits per heavy atom. The van der Waals surface area contributed by atoms with Crippen LogP contribution in [0.4, 0.5) is 0 Å². The number of nitrogens with two attached hydrogens (primary N) is 1. The van der Waals surface area contributed by atoms with Crippen molar-refractivity contribution in [3.05, 3.63) is 11.7 Å². The summed E-state index contributed by atoms with van der Waals surface area (Å²) in [6.07, 6.45) is 2.77. The molecule has 0 radical (unpaired) electrons. The van der Waals surface area contributed by atoms with Crippen molar-refractivity contribution in [2.24, 2.45) is 11.7 Å². The molecule has 0 bridgehead atoms. The van der Waals surface area contributed by atoms with Gasteiger partial charge in [-0.05, 0) is 26.2 Å². The van der Waals surface area contributed by atoms with Crippen molar-refractivity contribution in [3.8, 4) is 0 Å². The largest absolute Gasteiger partial charge is 0.340 e. The molecule has 1 aliphatic heterocycles. The molecule has 1 saturated carbocycles. The van der Waals surface area contributed by atoms with Gasteiger partial charge in [0.15, 0.2) is 5.82 Å². The van der Waals surface area contributed by atoms with Gasteiger partial charge in [-0.1, -0.05) is 5.16 Å². The molecular weight excluding hydrogens is 270 g/mol. The first-order valence-corrected chi connectivity index (χ1v) is 7.67. The zero-order valence-electron chi connectivity index (χ0n) is 12.5. The first-order chi connectivity index (χ1) is 10.1. The van der Waals surface area contributed by atoms with Crippen LogP contribution < -0.4 is 5.73 Å². The lowest BCUT2D eigenvalue weighted by atomic mass is 10.1. The van der Waals surface area contributed by atoms with Crippen molar-refractivity contribution < 1.29 is 9.32 Å². The van der Waals surface area contributed by atoms with E-state index in [1.807, 2.05) is 11.8 Å². The minimum absolute atomic E-state index is 0.144. The molecule has 1 saturated heterocycles. The van der Waals surface area contributed by atoms with E-state index in [1.165, 1.54) is 0 Å². The van der Waals surface area contributed by atoms with Crippen LogP contribution in [-0.4, -0.2) is 58.1 Å². The van der Waals surface area contributed by atoms with Gasteiger partial charge in [0.05, 0.1) is 6.54 Å². The monoisotopic (exact) mass is 293 g/mol. The Bertz CT molecular complexity index is 495. The summed E-state index contributed by atoms with van der Waals surface area (Å²) in [5.74, 6) is 1.74. The van der Waals surface area contributed by atoms with Crippen LogP contribution in [0.2, 0.25) is 0 Å². The summed E-state index contributed by atoms with van der Waals surface area (Å²) in [5, 5.41) is 3.80. The van der Waals surface area contributed by atoms with E-state index in [2.05, 4.69) is 15.0 Å². The second-order valence-electron chi connectivity index (χ2n) is 6.11. The SMILES string of the molecule is Cc1noc(CN2CCN(C(=O)[C@@H]3CC[C@H](N)C3)CC2)n1. The molecule has 0 unspecified atom stereocenters. The van der Waals surface area contributed by atoms with Gasteiger partial charge in [-0.25, -0.2) is 0 Å². The fourth-order valence-corrected chi connectivity index (χ4v) is 3.22. The topological polar surface area (TPSA) is 88.5 Å². The number of rotatable bonds is 3. The zero-order valence-corrected chi connectivity index (χ0v) is 12.5. The van der Waals surface area contributed by atoms with Gasteiger partial charge >= 0.3 is 0 Å². The van der Waals surface area contributed by atoms with Gasteiger partial charge in [0.1, 0.15) is 0 Å². The molecule has 21 heavy (non-hydrogen) atoms. The third-order valence-corrected chi connectivity index (χ3v) is 4.43. The number of nitrogens with zero attached hydrogens (tertiary/aromatic N) is 4. The molecule has 1 aromatic rings. The minimum atomic E-state index is 0.144. The number of hydrogen-bond donors (Lipinski definition) is 1. The molecule has 2 aliphatic rings. The molecule has 7 nitrogen and oxygen atoms in total. The van der Waals surface area contributed by atoms with E-state index in [0.29, 0.717) is 18.3 Å². The third-order valence-electron chi connectivity index (χ3n) is 4.43. The van der Waals surface area contributed by atoms with E-state index >= 15 is 0 Å². The number of hydrogen-bond acceptors (Lipinski definition) is 6. The number of carbonyl (C=O) groups is 1. The average Bonchev–Trinajstić information content (AvgIpc) is 3.08. The van der Waals surface area contributed by atoms with E-state index in [0.717, 1.165) is 45.4 Å². The predicted octanol–water partition coefficient (Wildman–Crippen LogP) is 0.150. The van der Waals surface area contributed by atoms with Crippen LogP contribution >= 0.6 is 0 Å². The molecule has 2 fully saturated rings. The van der Waals surface area contributed by atoms with Crippen LogP contribution in [0, 0.1) is 12.8 Å². The third kappa shape index (κ3) is 3.41. The zero-order chi connectivity index (χ0) is 14.8. The summed E-state index contributed by atoms with van der Waals surface area (Å²) in [6, 6.07) is 0.209. The maximum absolute atomic E-state index is 12.4. The second kappa shape index (κ2) is 6.11. The Morgan fingerprint density at radius 1 is 1.33 bits per heavy atom.